The van der Waals surface area contributed by atoms with Gasteiger partial charge in [-0.15, -0.1) is 22.7 Å². The van der Waals surface area contributed by atoms with Gasteiger partial charge >= 0.3 is 0 Å². The summed E-state index contributed by atoms with van der Waals surface area (Å²) in [4.78, 5) is 13.9. The van der Waals surface area contributed by atoms with Crippen LogP contribution in [-0.4, -0.2) is 12.9 Å². The van der Waals surface area contributed by atoms with E-state index in [1.54, 1.807) is 11.3 Å². The molecule has 0 aromatic carbocycles. The van der Waals surface area contributed by atoms with Crippen LogP contribution in [0.4, 0.5) is 0 Å². The van der Waals surface area contributed by atoms with Crippen molar-refractivity contribution in [3.63, 3.8) is 0 Å². The highest BCUT2D eigenvalue weighted by atomic mass is 79.9. The summed E-state index contributed by atoms with van der Waals surface area (Å²) in [5.74, 6) is 1.55. The Morgan fingerprint density at radius 1 is 1.36 bits per heavy atom. The van der Waals surface area contributed by atoms with Crippen LogP contribution in [0.1, 0.15) is 49.2 Å². The smallest absolute Gasteiger partial charge is 0.160 e. The van der Waals surface area contributed by atoms with Crippen molar-refractivity contribution in [3.05, 3.63) is 26.9 Å². The molecule has 0 fully saturated rings. The van der Waals surface area contributed by atoms with Gasteiger partial charge in [0.05, 0.1) is 21.2 Å². The molecule has 0 radical (unpaired) electrons. The van der Waals surface area contributed by atoms with Crippen LogP contribution in [0.15, 0.2) is 22.0 Å². The molecular weight excluding hydrogens is 380 g/mol. The summed E-state index contributed by atoms with van der Waals surface area (Å²) in [5.41, 5.74) is 0. The molecule has 0 amide bonds. The van der Waals surface area contributed by atoms with Crippen molar-refractivity contribution < 1.29 is 9.53 Å². The Morgan fingerprint density at radius 3 is 2.82 bits per heavy atom. The number of carbonyl (C=O) groups excluding carboxylic acids is 1. The number of halogens is 1. The first-order chi connectivity index (χ1) is 10.7. The van der Waals surface area contributed by atoms with Gasteiger partial charge in [0.15, 0.2) is 6.29 Å². The van der Waals surface area contributed by atoms with E-state index in [1.807, 2.05) is 17.5 Å². The van der Waals surface area contributed by atoms with E-state index in [1.165, 1.54) is 30.6 Å². The topological polar surface area (TPSA) is 26.3 Å². The summed E-state index contributed by atoms with van der Waals surface area (Å²) in [6, 6.07) is 3.89. The average Bonchev–Trinajstić information content (AvgIpc) is 3.13. The van der Waals surface area contributed by atoms with Gasteiger partial charge in [-0.05, 0) is 45.8 Å². The zero-order chi connectivity index (χ0) is 15.9. The predicted molar refractivity (Wildman–Crippen MR) is 99.5 cm³/mol. The summed E-state index contributed by atoms with van der Waals surface area (Å²) < 4.78 is 7.05. The fourth-order valence-electron chi connectivity index (χ4n) is 2.28. The number of hydrogen-bond donors (Lipinski definition) is 0. The SMILES string of the molecule is CCCCC(CC)COc1ccsc1-c1sc(C=O)cc1Br. The third-order valence-electron chi connectivity index (χ3n) is 3.68. The van der Waals surface area contributed by atoms with E-state index in [0.29, 0.717) is 5.92 Å². The number of carbonyl (C=O) groups is 1. The summed E-state index contributed by atoms with van der Waals surface area (Å²) >= 11 is 6.70. The third-order valence-corrected chi connectivity index (χ3v) is 6.68. The molecular formula is C17H21BrO2S2. The molecule has 0 N–H and O–H groups in total. The molecule has 2 aromatic rings. The third kappa shape index (κ3) is 4.43. The maximum atomic E-state index is 10.9. The largest absolute Gasteiger partial charge is 0.492 e. The van der Waals surface area contributed by atoms with Gasteiger partial charge in [0.2, 0.25) is 0 Å². The van der Waals surface area contributed by atoms with Crippen molar-refractivity contribution in [2.75, 3.05) is 6.61 Å². The maximum Gasteiger partial charge on any atom is 0.160 e. The van der Waals surface area contributed by atoms with Crippen LogP contribution < -0.4 is 4.74 Å². The lowest BCUT2D eigenvalue weighted by Gasteiger charge is -2.15. The van der Waals surface area contributed by atoms with E-state index in [0.717, 1.165) is 44.2 Å². The van der Waals surface area contributed by atoms with Gasteiger partial charge in [-0.25, -0.2) is 0 Å². The van der Waals surface area contributed by atoms with Crippen LogP contribution in [0.25, 0.3) is 9.75 Å². The van der Waals surface area contributed by atoms with Gasteiger partial charge in [-0.3, -0.25) is 4.79 Å². The molecule has 0 aliphatic carbocycles. The van der Waals surface area contributed by atoms with Crippen molar-refractivity contribution in [3.8, 4) is 15.5 Å². The van der Waals surface area contributed by atoms with Gasteiger partial charge in [-0.2, -0.15) is 0 Å². The predicted octanol–water partition coefficient (Wildman–Crippen LogP) is 6.65. The van der Waals surface area contributed by atoms with Crippen molar-refractivity contribution >= 4 is 44.9 Å². The molecule has 5 heteroatoms. The lowest BCUT2D eigenvalue weighted by atomic mass is 10.0. The van der Waals surface area contributed by atoms with Crippen molar-refractivity contribution in [2.24, 2.45) is 5.92 Å². The number of unbranched alkanes of at least 4 members (excludes halogenated alkanes) is 1. The van der Waals surface area contributed by atoms with Gasteiger partial charge in [0.25, 0.3) is 0 Å². The fraction of sp³-hybridized carbons (Fsp3) is 0.471. The molecule has 0 bridgehead atoms. The highest BCUT2D eigenvalue weighted by Crippen LogP contribution is 2.44. The number of rotatable bonds is 9. The summed E-state index contributed by atoms with van der Waals surface area (Å²) in [5, 5.41) is 2.05. The Balaban J connectivity index is 2.09. The van der Waals surface area contributed by atoms with E-state index >= 15 is 0 Å². The van der Waals surface area contributed by atoms with E-state index in [9.17, 15) is 4.79 Å². The number of hydrogen-bond acceptors (Lipinski definition) is 4. The van der Waals surface area contributed by atoms with Crippen LogP contribution >= 0.6 is 38.6 Å². The molecule has 0 aliphatic heterocycles. The highest BCUT2D eigenvalue weighted by molar-refractivity contribution is 9.10. The normalized spacial score (nSPS) is 12.3. The van der Waals surface area contributed by atoms with Crippen molar-refractivity contribution in [1.29, 1.82) is 0 Å². The number of ether oxygens (including phenoxy) is 1. The number of aldehydes is 1. The molecule has 2 heterocycles. The Kier molecular flexibility index (Phi) is 7.12. The Hall–Kier alpha value is -0.650. The fourth-order valence-corrected chi connectivity index (χ4v) is 5.12. The molecule has 0 spiro atoms. The standard InChI is InChI=1S/C17H21BrO2S2/c1-3-5-6-12(4-2)11-20-15-7-8-21-17(15)16-14(18)9-13(10-19)22-16/h7-10,12H,3-6,11H2,1-2H3. The second-order valence-corrected chi connectivity index (χ2v) is 8.14. The van der Waals surface area contributed by atoms with Gasteiger partial charge in [0.1, 0.15) is 5.75 Å². The zero-order valence-electron chi connectivity index (χ0n) is 12.9. The minimum Gasteiger partial charge on any atom is -0.492 e. The van der Waals surface area contributed by atoms with E-state index in [-0.39, 0.29) is 0 Å². The van der Waals surface area contributed by atoms with E-state index in [4.69, 9.17) is 4.74 Å². The van der Waals surface area contributed by atoms with Crippen LogP contribution in [0, 0.1) is 5.92 Å². The molecule has 22 heavy (non-hydrogen) atoms. The van der Waals surface area contributed by atoms with Gasteiger partial charge in [0, 0.05) is 4.47 Å². The molecule has 1 unspecified atom stereocenters. The molecule has 2 nitrogen and oxygen atoms in total. The summed E-state index contributed by atoms with van der Waals surface area (Å²) in [6.07, 6.45) is 5.77. The van der Waals surface area contributed by atoms with E-state index < -0.39 is 0 Å². The summed E-state index contributed by atoms with van der Waals surface area (Å²) in [7, 11) is 0. The van der Waals surface area contributed by atoms with Crippen LogP contribution in [0.5, 0.6) is 5.75 Å². The molecule has 2 aromatic heterocycles. The first-order valence-electron chi connectivity index (χ1n) is 7.64. The molecule has 120 valence electrons. The molecule has 0 saturated carbocycles. The second kappa shape index (κ2) is 8.85. The van der Waals surface area contributed by atoms with Crippen LogP contribution in [0.3, 0.4) is 0 Å². The minimum atomic E-state index is 0.616. The van der Waals surface area contributed by atoms with Crippen molar-refractivity contribution in [1.82, 2.24) is 0 Å². The molecule has 0 aliphatic rings. The Bertz CT molecular complexity index is 604. The maximum absolute atomic E-state index is 10.9. The van der Waals surface area contributed by atoms with Crippen molar-refractivity contribution in [2.45, 2.75) is 39.5 Å². The first-order valence-corrected chi connectivity index (χ1v) is 10.1. The lowest BCUT2D eigenvalue weighted by molar-refractivity contribution is 0.112. The molecule has 2 rings (SSSR count). The zero-order valence-corrected chi connectivity index (χ0v) is 16.2. The monoisotopic (exact) mass is 400 g/mol. The number of thiophene rings is 2. The van der Waals surface area contributed by atoms with Crippen LogP contribution in [-0.2, 0) is 0 Å². The highest BCUT2D eigenvalue weighted by Gasteiger charge is 2.16. The van der Waals surface area contributed by atoms with Gasteiger partial charge < -0.3 is 4.74 Å². The molecule has 0 saturated heterocycles. The minimum absolute atomic E-state index is 0.616. The Morgan fingerprint density at radius 2 is 2.18 bits per heavy atom. The lowest BCUT2D eigenvalue weighted by Crippen LogP contribution is -2.11. The van der Waals surface area contributed by atoms with Crippen LogP contribution in [0.2, 0.25) is 0 Å². The quantitative estimate of drug-likeness (QED) is 0.440. The van der Waals surface area contributed by atoms with E-state index in [2.05, 4.69) is 29.8 Å². The first kappa shape index (κ1) is 17.7. The molecule has 1 atom stereocenters. The Labute approximate surface area is 148 Å². The van der Waals surface area contributed by atoms with Gasteiger partial charge in [-0.1, -0.05) is 33.1 Å². The second-order valence-electron chi connectivity index (χ2n) is 5.29. The average molecular weight is 401 g/mol. The summed E-state index contributed by atoms with van der Waals surface area (Å²) in [6.45, 7) is 5.22.